The van der Waals surface area contributed by atoms with E-state index in [1.54, 1.807) is 47.9 Å². The fourth-order valence-electron chi connectivity index (χ4n) is 6.22. The van der Waals surface area contributed by atoms with Crippen LogP contribution in [0.1, 0.15) is 38.4 Å². The molecule has 274 valence electrons. The second-order valence-corrected chi connectivity index (χ2v) is 15.0. The SMILES string of the molecule is Cc1ncsc1-c1ccc(CNC(=O)[C@@H]2C[C@@H](O)CN2C(=O)[C@@H](NC(=O)COc2ccc(-c3cnnc(-c4ccccc4O)c3)cc2)C(C)(C)C)cc1. The van der Waals surface area contributed by atoms with Crippen LogP contribution in [0.2, 0.25) is 0 Å². The van der Waals surface area contributed by atoms with Crippen molar-refractivity contribution in [3.8, 4) is 44.3 Å². The maximum absolute atomic E-state index is 14.0. The van der Waals surface area contributed by atoms with Crippen LogP contribution < -0.4 is 15.4 Å². The van der Waals surface area contributed by atoms with Crippen molar-refractivity contribution >= 4 is 29.1 Å². The molecule has 0 aliphatic carbocycles. The quantitative estimate of drug-likeness (QED) is 0.144. The molecule has 6 rings (SSSR count). The average molecular weight is 735 g/mol. The molecule has 0 bridgehead atoms. The lowest BCUT2D eigenvalue weighted by molar-refractivity contribution is -0.144. The Kier molecular flexibility index (Phi) is 11.2. The minimum absolute atomic E-state index is 0.0217. The van der Waals surface area contributed by atoms with E-state index in [2.05, 4.69) is 25.8 Å². The van der Waals surface area contributed by atoms with E-state index in [9.17, 15) is 24.6 Å². The molecule has 1 saturated heterocycles. The first-order valence-electron chi connectivity index (χ1n) is 17.3. The smallest absolute Gasteiger partial charge is 0.258 e. The van der Waals surface area contributed by atoms with Gasteiger partial charge in [0.1, 0.15) is 23.6 Å². The third kappa shape index (κ3) is 8.87. The number of benzene rings is 3. The van der Waals surface area contributed by atoms with Gasteiger partial charge in [0.05, 0.1) is 34.1 Å². The summed E-state index contributed by atoms with van der Waals surface area (Å²) in [4.78, 5) is 47.3. The van der Waals surface area contributed by atoms with Crippen molar-refractivity contribution in [3.63, 3.8) is 0 Å². The van der Waals surface area contributed by atoms with Gasteiger partial charge < -0.3 is 30.5 Å². The van der Waals surface area contributed by atoms with E-state index in [0.29, 0.717) is 17.0 Å². The summed E-state index contributed by atoms with van der Waals surface area (Å²) in [6.07, 6.45) is 0.837. The van der Waals surface area contributed by atoms with Crippen LogP contribution in [0.3, 0.4) is 0 Å². The highest BCUT2D eigenvalue weighted by atomic mass is 32.1. The number of thiazole rings is 1. The summed E-state index contributed by atoms with van der Waals surface area (Å²) >= 11 is 1.57. The maximum Gasteiger partial charge on any atom is 0.258 e. The number of β-amino-alcohol motifs (C(OH)–C–C–N with tert-alkyl or cyclic N) is 1. The third-order valence-corrected chi connectivity index (χ3v) is 10.1. The molecule has 3 aromatic carbocycles. The van der Waals surface area contributed by atoms with Gasteiger partial charge in [-0.25, -0.2) is 4.98 Å². The average Bonchev–Trinajstić information content (AvgIpc) is 3.77. The number of likely N-dealkylation sites (tertiary alicyclic amines) is 1. The lowest BCUT2D eigenvalue weighted by Gasteiger charge is -2.35. The van der Waals surface area contributed by atoms with E-state index in [4.69, 9.17) is 4.74 Å². The largest absolute Gasteiger partial charge is 0.507 e. The summed E-state index contributed by atoms with van der Waals surface area (Å²) in [6.45, 7) is 7.33. The number of carbonyl (C=O) groups excluding carboxylic acids is 3. The molecule has 0 unspecified atom stereocenters. The summed E-state index contributed by atoms with van der Waals surface area (Å²) in [7, 11) is 0. The first kappa shape index (κ1) is 37.1. The van der Waals surface area contributed by atoms with Crippen LogP contribution >= 0.6 is 11.3 Å². The summed E-state index contributed by atoms with van der Waals surface area (Å²) in [5, 5.41) is 34.7. The molecule has 2 aromatic heterocycles. The number of phenols is 1. The number of rotatable bonds is 11. The van der Waals surface area contributed by atoms with Crippen molar-refractivity contribution in [2.75, 3.05) is 13.2 Å². The monoisotopic (exact) mass is 734 g/mol. The molecule has 1 aliphatic rings. The zero-order valence-electron chi connectivity index (χ0n) is 29.9. The fraction of sp³-hybridized carbons (Fsp3) is 0.300. The number of aromatic nitrogens is 3. The number of nitrogens with one attached hydrogen (secondary N) is 2. The molecule has 53 heavy (non-hydrogen) atoms. The topological polar surface area (TPSA) is 167 Å². The standard InChI is InChI=1S/C40H42N6O6S/c1-24-36(53-23-42-24)27-11-9-25(10-12-27)19-41-38(50)33-18-29(47)21-46(33)39(51)37(40(2,3)4)44-35(49)22-52-30-15-13-26(14-16-30)28-17-32(45-43-20-28)31-7-5-6-8-34(31)48/h5-17,20,23,29,33,37,47-48H,18-19,21-22H2,1-4H3,(H,41,50)(H,44,49)/t29-,33+,37-/m1/s1. The molecule has 5 aromatic rings. The number of amides is 3. The van der Waals surface area contributed by atoms with Gasteiger partial charge in [-0.2, -0.15) is 10.2 Å². The maximum atomic E-state index is 14.0. The molecular formula is C40H42N6O6S. The summed E-state index contributed by atoms with van der Waals surface area (Å²) < 4.78 is 5.77. The molecule has 1 fully saturated rings. The predicted octanol–water partition coefficient (Wildman–Crippen LogP) is 5.14. The number of nitrogens with zero attached hydrogens (tertiary/aromatic N) is 4. The Labute approximate surface area is 311 Å². The molecule has 0 saturated carbocycles. The van der Waals surface area contributed by atoms with Gasteiger partial charge in [0.25, 0.3) is 5.91 Å². The molecule has 12 nitrogen and oxygen atoms in total. The van der Waals surface area contributed by atoms with Gasteiger partial charge in [-0.15, -0.1) is 11.3 Å². The van der Waals surface area contributed by atoms with Gasteiger partial charge in [0.15, 0.2) is 6.61 Å². The fourth-order valence-corrected chi connectivity index (χ4v) is 7.03. The van der Waals surface area contributed by atoms with Crippen molar-refractivity contribution in [2.24, 2.45) is 5.41 Å². The van der Waals surface area contributed by atoms with E-state index in [1.165, 1.54) is 4.90 Å². The molecular weight excluding hydrogens is 693 g/mol. The molecule has 1 aliphatic heterocycles. The first-order chi connectivity index (χ1) is 25.4. The van der Waals surface area contributed by atoms with E-state index in [1.807, 2.05) is 81.7 Å². The van der Waals surface area contributed by atoms with Crippen LogP contribution in [0.25, 0.3) is 32.8 Å². The number of hydrogen-bond donors (Lipinski definition) is 4. The number of phenolic OH excluding ortho intramolecular Hbond substituents is 1. The normalized spacial score (nSPS) is 16.2. The van der Waals surface area contributed by atoms with Gasteiger partial charge >= 0.3 is 0 Å². The number of hydrogen-bond acceptors (Lipinski definition) is 10. The van der Waals surface area contributed by atoms with Crippen LogP contribution in [0.4, 0.5) is 0 Å². The minimum atomic E-state index is -0.984. The number of aryl methyl sites for hydroxylation is 1. The number of para-hydroxylation sites is 1. The Morgan fingerprint density at radius 2 is 1.72 bits per heavy atom. The van der Waals surface area contributed by atoms with Gasteiger partial charge in [0, 0.05) is 30.6 Å². The van der Waals surface area contributed by atoms with Crippen LogP contribution in [-0.4, -0.2) is 79.4 Å². The van der Waals surface area contributed by atoms with Crippen molar-refractivity contribution < 1.29 is 29.3 Å². The number of carbonyl (C=O) groups is 3. The highest BCUT2D eigenvalue weighted by Gasteiger charge is 2.44. The first-order valence-corrected chi connectivity index (χ1v) is 18.1. The summed E-state index contributed by atoms with van der Waals surface area (Å²) in [5.41, 5.74) is 6.71. The van der Waals surface area contributed by atoms with Crippen molar-refractivity contribution in [3.05, 3.63) is 102 Å². The van der Waals surface area contributed by atoms with Crippen molar-refractivity contribution in [1.82, 2.24) is 30.7 Å². The number of aromatic hydroxyl groups is 1. The summed E-state index contributed by atoms with van der Waals surface area (Å²) in [6, 6.07) is 21.8. The molecule has 3 atom stereocenters. The summed E-state index contributed by atoms with van der Waals surface area (Å²) in [5.74, 6) is -0.787. The molecule has 0 radical (unpaired) electrons. The highest BCUT2D eigenvalue weighted by molar-refractivity contribution is 7.13. The molecule has 3 heterocycles. The minimum Gasteiger partial charge on any atom is -0.507 e. The van der Waals surface area contributed by atoms with Gasteiger partial charge in [0.2, 0.25) is 11.8 Å². The second-order valence-electron chi connectivity index (χ2n) is 14.1. The third-order valence-electron chi connectivity index (χ3n) is 9.10. The van der Waals surface area contributed by atoms with E-state index in [-0.39, 0.29) is 37.8 Å². The number of ether oxygens (including phenoxy) is 1. The van der Waals surface area contributed by atoms with E-state index >= 15 is 0 Å². The second kappa shape index (κ2) is 15.9. The Morgan fingerprint density at radius 3 is 2.40 bits per heavy atom. The Morgan fingerprint density at radius 1 is 1.00 bits per heavy atom. The van der Waals surface area contributed by atoms with Crippen LogP contribution in [0.15, 0.2) is 90.6 Å². The van der Waals surface area contributed by atoms with Gasteiger partial charge in [-0.3, -0.25) is 14.4 Å². The number of aliphatic hydroxyl groups excluding tert-OH is 1. The van der Waals surface area contributed by atoms with Crippen molar-refractivity contribution in [2.45, 2.75) is 58.8 Å². The zero-order chi connectivity index (χ0) is 37.7. The van der Waals surface area contributed by atoms with E-state index < -0.39 is 35.4 Å². The van der Waals surface area contributed by atoms with Gasteiger partial charge in [-0.05, 0) is 59.4 Å². The Bertz CT molecular complexity index is 2080. The Balaban J connectivity index is 1.05. The van der Waals surface area contributed by atoms with Crippen LogP contribution in [0, 0.1) is 12.3 Å². The lowest BCUT2D eigenvalue weighted by Crippen LogP contribution is -2.58. The zero-order valence-corrected chi connectivity index (χ0v) is 30.8. The molecule has 13 heteroatoms. The molecule has 0 spiro atoms. The molecule has 4 N–H and O–H groups in total. The predicted molar refractivity (Wildman–Crippen MR) is 202 cm³/mol. The highest BCUT2D eigenvalue weighted by Crippen LogP contribution is 2.31. The molecule has 3 amide bonds. The van der Waals surface area contributed by atoms with E-state index in [0.717, 1.165) is 32.8 Å². The van der Waals surface area contributed by atoms with Crippen LogP contribution in [-0.2, 0) is 20.9 Å². The number of aliphatic hydroxyl groups is 1. The van der Waals surface area contributed by atoms with Gasteiger partial charge in [-0.1, -0.05) is 69.3 Å². The van der Waals surface area contributed by atoms with Crippen LogP contribution in [0.5, 0.6) is 11.5 Å². The lowest BCUT2D eigenvalue weighted by atomic mass is 9.85. The van der Waals surface area contributed by atoms with Crippen molar-refractivity contribution in [1.29, 1.82) is 0 Å². The Hall–Kier alpha value is -5.66.